The van der Waals surface area contributed by atoms with Gasteiger partial charge in [-0.1, -0.05) is 0 Å². The van der Waals surface area contributed by atoms with E-state index in [-0.39, 0.29) is 6.04 Å². The summed E-state index contributed by atoms with van der Waals surface area (Å²) in [6.45, 7) is 2.84. The molecule has 2 saturated heterocycles. The number of rotatable bonds is 5. The number of fused-ring (bicyclic) bond motifs is 1. The molecule has 1 aromatic heterocycles. The second kappa shape index (κ2) is 5.73. The molecule has 2 unspecified atom stereocenters. The van der Waals surface area contributed by atoms with Gasteiger partial charge in [-0.15, -0.1) is 11.3 Å². The Morgan fingerprint density at radius 1 is 1.40 bits per heavy atom. The smallest absolute Gasteiger partial charge is 0.250 e. The Morgan fingerprint density at radius 3 is 3.05 bits per heavy atom. The van der Waals surface area contributed by atoms with Crippen LogP contribution in [-0.2, 0) is 16.6 Å². The first-order valence-electron chi connectivity index (χ1n) is 7.08. The maximum absolute atomic E-state index is 12.5. The van der Waals surface area contributed by atoms with E-state index in [1.54, 1.807) is 6.07 Å². The fourth-order valence-electron chi connectivity index (χ4n) is 3.27. The van der Waals surface area contributed by atoms with Gasteiger partial charge in [-0.05, 0) is 49.9 Å². The second-order valence-electron chi connectivity index (χ2n) is 5.57. The Kier molecular flexibility index (Phi) is 4.14. The highest BCUT2D eigenvalue weighted by Gasteiger charge is 2.39. The van der Waals surface area contributed by atoms with Crippen LogP contribution in [-0.4, -0.2) is 45.5 Å². The highest BCUT2D eigenvalue weighted by molar-refractivity contribution is 7.91. The van der Waals surface area contributed by atoms with Gasteiger partial charge in [0.15, 0.2) is 0 Å². The van der Waals surface area contributed by atoms with Crippen LogP contribution >= 0.6 is 11.3 Å². The van der Waals surface area contributed by atoms with Crippen molar-refractivity contribution in [2.45, 2.75) is 42.1 Å². The van der Waals surface area contributed by atoms with Crippen molar-refractivity contribution in [2.24, 2.45) is 0 Å². The van der Waals surface area contributed by atoms with Gasteiger partial charge in [-0.25, -0.2) is 13.1 Å². The van der Waals surface area contributed by atoms with E-state index in [1.807, 2.05) is 12.4 Å². The van der Waals surface area contributed by atoms with Crippen molar-refractivity contribution in [1.82, 2.24) is 14.9 Å². The van der Waals surface area contributed by atoms with Gasteiger partial charge < -0.3 is 5.32 Å². The van der Waals surface area contributed by atoms with Crippen molar-refractivity contribution in [1.29, 1.82) is 0 Å². The molecular formula is C13H21N3O2S2. The van der Waals surface area contributed by atoms with Crippen LogP contribution in [0.3, 0.4) is 0 Å². The topological polar surface area (TPSA) is 61.4 Å². The van der Waals surface area contributed by atoms with Crippen LogP contribution < -0.4 is 10.0 Å². The predicted octanol–water partition coefficient (Wildman–Crippen LogP) is 0.982. The fraction of sp³-hybridized carbons (Fsp3) is 0.692. The van der Waals surface area contributed by atoms with Gasteiger partial charge >= 0.3 is 0 Å². The molecule has 3 rings (SSSR count). The minimum atomic E-state index is -3.37. The van der Waals surface area contributed by atoms with Crippen molar-refractivity contribution in [2.75, 3.05) is 20.1 Å². The third-order valence-corrected chi connectivity index (χ3v) is 7.17. The van der Waals surface area contributed by atoms with E-state index in [1.165, 1.54) is 17.8 Å². The molecule has 3 heterocycles. The van der Waals surface area contributed by atoms with E-state index in [0.717, 1.165) is 31.5 Å². The van der Waals surface area contributed by atoms with E-state index < -0.39 is 10.0 Å². The van der Waals surface area contributed by atoms with Gasteiger partial charge in [0.1, 0.15) is 4.21 Å². The lowest BCUT2D eigenvalue weighted by Gasteiger charge is -2.20. The Balaban J connectivity index is 1.71. The highest BCUT2D eigenvalue weighted by atomic mass is 32.2. The summed E-state index contributed by atoms with van der Waals surface area (Å²) < 4.78 is 28.3. The Labute approximate surface area is 124 Å². The molecule has 2 aliphatic rings. The summed E-state index contributed by atoms with van der Waals surface area (Å²) in [6, 6.07) is 2.25. The first-order chi connectivity index (χ1) is 9.60. The van der Waals surface area contributed by atoms with Gasteiger partial charge in [-0.2, -0.15) is 0 Å². The molecule has 2 N–H and O–H groups in total. The summed E-state index contributed by atoms with van der Waals surface area (Å²) in [5.74, 6) is 0. The molecule has 2 atom stereocenters. The van der Waals surface area contributed by atoms with Crippen LogP contribution in [0.15, 0.2) is 15.7 Å². The zero-order valence-electron chi connectivity index (χ0n) is 11.6. The van der Waals surface area contributed by atoms with Crippen molar-refractivity contribution < 1.29 is 8.42 Å². The molecule has 0 bridgehead atoms. The van der Waals surface area contributed by atoms with Gasteiger partial charge in [-0.3, -0.25) is 4.90 Å². The largest absolute Gasteiger partial charge is 0.316 e. The second-order valence-corrected chi connectivity index (χ2v) is 8.42. The number of hydrogen-bond donors (Lipinski definition) is 2. The van der Waals surface area contributed by atoms with Gasteiger partial charge in [0, 0.05) is 25.2 Å². The average molecular weight is 315 g/mol. The number of nitrogens with one attached hydrogen (secondary N) is 2. The van der Waals surface area contributed by atoms with E-state index in [0.29, 0.717) is 16.8 Å². The minimum absolute atomic E-state index is 0.0809. The van der Waals surface area contributed by atoms with Gasteiger partial charge in [0.2, 0.25) is 10.0 Å². The van der Waals surface area contributed by atoms with Crippen LogP contribution in [0.5, 0.6) is 0 Å². The Hall–Kier alpha value is -0.470. The SMILES string of the molecule is CNCc1csc(S(=O)(=O)NC2CCN3CCCC23)c1. The lowest BCUT2D eigenvalue weighted by Crippen LogP contribution is -2.42. The van der Waals surface area contributed by atoms with Gasteiger partial charge in [0.25, 0.3) is 0 Å². The molecule has 0 aromatic carbocycles. The quantitative estimate of drug-likeness (QED) is 0.850. The normalized spacial score (nSPS) is 27.1. The molecule has 0 aliphatic carbocycles. The first-order valence-corrected chi connectivity index (χ1v) is 9.45. The van der Waals surface area contributed by atoms with E-state index in [2.05, 4.69) is 14.9 Å². The summed E-state index contributed by atoms with van der Waals surface area (Å²) in [4.78, 5) is 2.41. The average Bonchev–Trinajstić information content (AvgIpc) is 3.07. The molecule has 20 heavy (non-hydrogen) atoms. The van der Waals surface area contributed by atoms with Crippen LogP contribution in [0, 0.1) is 0 Å². The standard InChI is InChI=1S/C13H21N3O2S2/c1-14-8-10-7-13(19-9-10)20(17,18)15-11-4-6-16-5-2-3-12(11)16/h7,9,11-12,14-15H,2-6,8H2,1H3. The summed E-state index contributed by atoms with van der Waals surface area (Å²) in [5, 5.41) is 4.94. The molecule has 0 amide bonds. The van der Waals surface area contributed by atoms with Crippen LogP contribution in [0.2, 0.25) is 0 Å². The van der Waals surface area contributed by atoms with E-state index in [4.69, 9.17) is 0 Å². The monoisotopic (exact) mass is 315 g/mol. The summed E-state index contributed by atoms with van der Waals surface area (Å²) in [6.07, 6.45) is 3.23. The number of sulfonamides is 1. The first kappa shape index (κ1) is 14.5. The molecule has 2 fully saturated rings. The van der Waals surface area contributed by atoms with Crippen molar-refractivity contribution in [3.05, 3.63) is 17.0 Å². The zero-order chi connectivity index (χ0) is 14.2. The number of nitrogens with zero attached hydrogens (tertiary/aromatic N) is 1. The predicted molar refractivity (Wildman–Crippen MR) is 80.4 cm³/mol. The van der Waals surface area contributed by atoms with Crippen molar-refractivity contribution in [3.8, 4) is 0 Å². The summed E-state index contributed by atoms with van der Waals surface area (Å²) >= 11 is 1.30. The van der Waals surface area contributed by atoms with E-state index in [9.17, 15) is 8.42 Å². The zero-order valence-corrected chi connectivity index (χ0v) is 13.3. The number of hydrogen-bond acceptors (Lipinski definition) is 5. The van der Waals surface area contributed by atoms with Crippen molar-refractivity contribution in [3.63, 3.8) is 0 Å². The molecule has 0 saturated carbocycles. The fourth-order valence-corrected chi connectivity index (χ4v) is 5.80. The van der Waals surface area contributed by atoms with Crippen molar-refractivity contribution >= 4 is 21.4 Å². The molecule has 5 nitrogen and oxygen atoms in total. The molecule has 112 valence electrons. The Morgan fingerprint density at radius 2 is 2.25 bits per heavy atom. The molecule has 0 radical (unpaired) electrons. The molecule has 1 aromatic rings. The summed E-state index contributed by atoms with van der Waals surface area (Å²) in [5.41, 5.74) is 1.02. The van der Waals surface area contributed by atoms with Crippen LogP contribution in [0.4, 0.5) is 0 Å². The maximum Gasteiger partial charge on any atom is 0.250 e. The molecule has 2 aliphatic heterocycles. The lowest BCUT2D eigenvalue weighted by atomic mass is 10.1. The van der Waals surface area contributed by atoms with E-state index >= 15 is 0 Å². The maximum atomic E-state index is 12.5. The van der Waals surface area contributed by atoms with Crippen LogP contribution in [0.1, 0.15) is 24.8 Å². The molecular weight excluding hydrogens is 294 g/mol. The minimum Gasteiger partial charge on any atom is -0.316 e. The van der Waals surface area contributed by atoms with Crippen LogP contribution in [0.25, 0.3) is 0 Å². The lowest BCUT2D eigenvalue weighted by molar-refractivity contribution is 0.309. The van der Waals surface area contributed by atoms with Gasteiger partial charge in [0.05, 0.1) is 0 Å². The number of thiophene rings is 1. The Bertz CT molecular complexity index is 570. The summed E-state index contributed by atoms with van der Waals surface area (Å²) in [7, 11) is -1.51. The molecule has 7 heteroatoms. The third-order valence-electron chi connectivity index (χ3n) is 4.19. The molecule has 0 spiro atoms. The highest BCUT2D eigenvalue weighted by Crippen LogP contribution is 2.29. The third kappa shape index (κ3) is 2.78.